The second-order valence-corrected chi connectivity index (χ2v) is 5.09. The van der Waals surface area contributed by atoms with E-state index in [1.807, 2.05) is 0 Å². The normalized spacial score (nSPS) is 14.1. The van der Waals surface area contributed by atoms with Gasteiger partial charge in [-0.15, -0.1) is 0 Å². The molecule has 1 aromatic rings. The van der Waals surface area contributed by atoms with E-state index >= 15 is 0 Å². The molecule has 0 radical (unpaired) electrons. The van der Waals surface area contributed by atoms with Gasteiger partial charge in [-0.3, -0.25) is 9.59 Å². The molecule has 1 aliphatic heterocycles. The molecule has 1 saturated heterocycles. The number of amides is 2. The zero-order valence-electron chi connectivity index (χ0n) is 12.3. The fourth-order valence-corrected chi connectivity index (χ4v) is 2.34. The molecule has 0 aromatic heterocycles. The summed E-state index contributed by atoms with van der Waals surface area (Å²) < 4.78 is 18.8. The van der Waals surface area contributed by atoms with E-state index in [9.17, 15) is 14.0 Å². The molecule has 114 valence electrons. The predicted molar refractivity (Wildman–Crippen MR) is 75.7 cm³/mol. The number of methoxy groups -OCH3 is 1. The third-order valence-electron chi connectivity index (χ3n) is 3.58. The molecule has 0 bridgehead atoms. The molecular weight excluding hydrogens is 275 g/mol. The number of hydrogen-bond donors (Lipinski definition) is 0. The van der Waals surface area contributed by atoms with Crippen molar-refractivity contribution in [1.82, 2.24) is 9.80 Å². The number of ether oxygens (including phenoxy) is 1. The summed E-state index contributed by atoms with van der Waals surface area (Å²) in [4.78, 5) is 27.2. The van der Waals surface area contributed by atoms with Crippen LogP contribution in [0.25, 0.3) is 0 Å². The number of halogens is 1. The summed E-state index contributed by atoms with van der Waals surface area (Å²) in [6, 6.07) is 4.04. The van der Waals surface area contributed by atoms with Gasteiger partial charge >= 0.3 is 0 Å². The number of benzene rings is 1. The largest absolute Gasteiger partial charge is 0.497 e. The number of likely N-dealkylation sites (N-methyl/N-ethyl adjacent to an activating group) is 1. The molecular formula is C15H19FN2O3. The fourth-order valence-electron chi connectivity index (χ4n) is 2.34. The van der Waals surface area contributed by atoms with Gasteiger partial charge in [0.15, 0.2) is 0 Å². The summed E-state index contributed by atoms with van der Waals surface area (Å²) in [5.41, 5.74) is -0.0625. The van der Waals surface area contributed by atoms with Crippen LogP contribution in [0.5, 0.6) is 5.75 Å². The van der Waals surface area contributed by atoms with Gasteiger partial charge in [0.25, 0.3) is 5.91 Å². The Morgan fingerprint density at radius 2 is 2.00 bits per heavy atom. The topological polar surface area (TPSA) is 49.9 Å². The van der Waals surface area contributed by atoms with E-state index < -0.39 is 11.7 Å². The van der Waals surface area contributed by atoms with Gasteiger partial charge in [-0.05, 0) is 25.0 Å². The van der Waals surface area contributed by atoms with Gasteiger partial charge in [-0.25, -0.2) is 4.39 Å². The lowest BCUT2D eigenvalue weighted by molar-refractivity contribution is -0.130. The molecule has 1 heterocycles. The van der Waals surface area contributed by atoms with E-state index in [2.05, 4.69) is 0 Å². The molecule has 0 saturated carbocycles. The van der Waals surface area contributed by atoms with Crippen LogP contribution < -0.4 is 4.74 Å². The van der Waals surface area contributed by atoms with E-state index in [1.54, 1.807) is 4.90 Å². The van der Waals surface area contributed by atoms with Crippen molar-refractivity contribution in [2.24, 2.45) is 0 Å². The van der Waals surface area contributed by atoms with E-state index in [-0.39, 0.29) is 18.0 Å². The van der Waals surface area contributed by atoms with Gasteiger partial charge in [0.1, 0.15) is 11.6 Å². The van der Waals surface area contributed by atoms with E-state index in [0.29, 0.717) is 5.75 Å². The van der Waals surface area contributed by atoms with E-state index in [0.717, 1.165) is 32.0 Å². The number of likely N-dealkylation sites (tertiary alicyclic amines) is 1. The van der Waals surface area contributed by atoms with Crippen LogP contribution in [0.3, 0.4) is 0 Å². The van der Waals surface area contributed by atoms with Crippen molar-refractivity contribution in [3.8, 4) is 5.75 Å². The highest BCUT2D eigenvalue weighted by Crippen LogP contribution is 2.17. The first-order valence-electron chi connectivity index (χ1n) is 6.89. The maximum absolute atomic E-state index is 13.9. The van der Waals surface area contributed by atoms with Crippen molar-refractivity contribution in [1.29, 1.82) is 0 Å². The molecule has 0 aliphatic carbocycles. The summed E-state index contributed by atoms with van der Waals surface area (Å²) in [5, 5.41) is 0. The first kappa shape index (κ1) is 15.3. The molecule has 0 N–H and O–H groups in total. The standard InChI is InChI=1S/C15H19FN2O3/c1-17(10-14(19)18-7-3-4-8-18)15(20)12-6-5-11(21-2)9-13(12)16/h5-6,9H,3-4,7-8,10H2,1-2H3. The molecule has 0 atom stereocenters. The average molecular weight is 294 g/mol. The SMILES string of the molecule is COc1ccc(C(=O)N(C)CC(=O)N2CCCC2)c(F)c1. The van der Waals surface area contributed by atoms with Crippen LogP contribution in [0.15, 0.2) is 18.2 Å². The Morgan fingerprint density at radius 1 is 1.33 bits per heavy atom. The molecule has 1 aliphatic rings. The molecule has 2 amide bonds. The Hall–Kier alpha value is -2.11. The van der Waals surface area contributed by atoms with Crippen molar-refractivity contribution in [3.63, 3.8) is 0 Å². The smallest absolute Gasteiger partial charge is 0.257 e. The lowest BCUT2D eigenvalue weighted by Crippen LogP contribution is -2.40. The number of carbonyl (C=O) groups excluding carboxylic acids is 2. The van der Waals surface area contributed by atoms with Crippen molar-refractivity contribution in [2.45, 2.75) is 12.8 Å². The summed E-state index contributed by atoms with van der Waals surface area (Å²) in [6.07, 6.45) is 1.99. The first-order chi connectivity index (χ1) is 10.0. The lowest BCUT2D eigenvalue weighted by Gasteiger charge is -2.21. The van der Waals surface area contributed by atoms with Gasteiger partial charge in [0, 0.05) is 26.2 Å². The molecule has 6 heteroatoms. The molecule has 0 unspecified atom stereocenters. The Morgan fingerprint density at radius 3 is 2.57 bits per heavy atom. The first-order valence-corrected chi connectivity index (χ1v) is 6.89. The maximum Gasteiger partial charge on any atom is 0.257 e. The van der Waals surface area contributed by atoms with Crippen LogP contribution in [0, 0.1) is 5.82 Å². The van der Waals surface area contributed by atoms with Crippen molar-refractivity contribution < 1.29 is 18.7 Å². The minimum atomic E-state index is -0.653. The molecule has 0 spiro atoms. The summed E-state index contributed by atoms with van der Waals surface area (Å²) in [6.45, 7) is 1.43. The lowest BCUT2D eigenvalue weighted by atomic mass is 10.1. The minimum Gasteiger partial charge on any atom is -0.497 e. The fraction of sp³-hybridized carbons (Fsp3) is 0.467. The van der Waals surface area contributed by atoms with Gasteiger partial charge in [0.2, 0.25) is 5.91 Å². The number of nitrogens with zero attached hydrogens (tertiary/aromatic N) is 2. The van der Waals surface area contributed by atoms with Crippen LogP contribution in [0.4, 0.5) is 4.39 Å². The highest BCUT2D eigenvalue weighted by Gasteiger charge is 2.23. The van der Waals surface area contributed by atoms with Crippen molar-refractivity contribution in [3.05, 3.63) is 29.6 Å². The third kappa shape index (κ3) is 3.51. The Balaban J connectivity index is 2.03. The zero-order valence-corrected chi connectivity index (χ0v) is 12.3. The van der Waals surface area contributed by atoms with Crippen LogP contribution in [0.2, 0.25) is 0 Å². The van der Waals surface area contributed by atoms with Crippen LogP contribution in [0.1, 0.15) is 23.2 Å². The summed E-state index contributed by atoms with van der Waals surface area (Å²) in [7, 11) is 2.93. The van der Waals surface area contributed by atoms with Crippen LogP contribution in [-0.2, 0) is 4.79 Å². The Labute approximate surface area is 123 Å². The summed E-state index contributed by atoms with van der Waals surface area (Å²) in [5.74, 6) is -0.917. The average Bonchev–Trinajstić information content (AvgIpc) is 3.00. The van der Waals surface area contributed by atoms with Crippen LogP contribution in [-0.4, -0.2) is 55.4 Å². The summed E-state index contributed by atoms with van der Waals surface area (Å²) >= 11 is 0. The highest BCUT2D eigenvalue weighted by molar-refractivity contribution is 5.96. The van der Waals surface area contributed by atoms with Gasteiger partial charge < -0.3 is 14.5 Å². The van der Waals surface area contributed by atoms with Crippen molar-refractivity contribution in [2.75, 3.05) is 33.8 Å². The highest BCUT2D eigenvalue weighted by atomic mass is 19.1. The van der Waals surface area contributed by atoms with Crippen LogP contribution >= 0.6 is 0 Å². The number of rotatable bonds is 4. The predicted octanol–water partition coefficient (Wildman–Crippen LogP) is 1.53. The monoisotopic (exact) mass is 294 g/mol. The number of hydrogen-bond acceptors (Lipinski definition) is 3. The minimum absolute atomic E-state index is 0.0374. The second-order valence-electron chi connectivity index (χ2n) is 5.09. The molecule has 1 aromatic carbocycles. The second kappa shape index (κ2) is 6.56. The Kier molecular flexibility index (Phi) is 4.77. The van der Waals surface area contributed by atoms with E-state index in [1.165, 1.54) is 31.2 Å². The maximum atomic E-state index is 13.9. The Bertz CT molecular complexity index is 542. The molecule has 1 fully saturated rings. The quantitative estimate of drug-likeness (QED) is 0.846. The van der Waals surface area contributed by atoms with Crippen molar-refractivity contribution >= 4 is 11.8 Å². The van der Waals surface area contributed by atoms with Gasteiger partial charge in [-0.1, -0.05) is 0 Å². The molecule has 2 rings (SSSR count). The molecule has 5 nitrogen and oxygen atoms in total. The zero-order chi connectivity index (χ0) is 15.4. The van der Waals surface area contributed by atoms with Gasteiger partial charge in [0.05, 0.1) is 19.2 Å². The van der Waals surface area contributed by atoms with Gasteiger partial charge in [-0.2, -0.15) is 0 Å². The van der Waals surface area contributed by atoms with E-state index in [4.69, 9.17) is 4.74 Å². The number of carbonyl (C=O) groups is 2. The third-order valence-corrected chi connectivity index (χ3v) is 3.58. The molecule has 21 heavy (non-hydrogen) atoms.